The number of para-hydroxylation sites is 1. The van der Waals surface area contributed by atoms with Gasteiger partial charge in [-0.2, -0.15) is 0 Å². The molecule has 140 valence electrons. The van der Waals surface area contributed by atoms with Gasteiger partial charge in [0, 0.05) is 5.56 Å². The molecule has 3 aromatic rings. The molecular weight excluding hydrogens is 366 g/mol. The molecule has 0 saturated heterocycles. The first kappa shape index (κ1) is 18.7. The lowest BCUT2D eigenvalue weighted by atomic mass is 10.0. The van der Waals surface area contributed by atoms with Crippen molar-refractivity contribution in [1.29, 1.82) is 0 Å². The van der Waals surface area contributed by atoms with Gasteiger partial charge in [-0.1, -0.05) is 48.5 Å². The first-order valence-corrected chi connectivity index (χ1v) is 9.69. The van der Waals surface area contributed by atoms with Crippen LogP contribution in [0.2, 0.25) is 0 Å². The minimum absolute atomic E-state index is 0.0975. The quantitative estimate of drug-likeness (QED) is 0.667. The minimum Gasteiger partial charge on any atom is -0.465 e. The highest BCUT2D eigenvalue weighted by Gasteiger charge is 2.32. The molecule has 0 saturated carbocycles. The third-order valence-electron chi connectivity index (χ3n) is 4.12. The Labute approximate surface area is 157 Å². The van der Waals surface area contributed by atoms with E-state index in [4.69, 9.17) is 9.15 Å². The van der Waals surface area contributed by atoms with E-state index in [-0.39, 0.29) is 22.0 Å². The monoisotopic (exact) mass is 385 g/mol. The van der Waals surface area contributed by atoms with Gasteiger partial charge in [0.15, 0.2) is 0 Å². The van der Waals surface area contributed by atoms with Crippen LogP contribution in [-0.2, 0) is 14.8 Å². The second-order valence-corrected chi connectivity index (χ2v) is 7.55. The molecule has 6 nitrogen and oxygen atoms in total. The maximum Gasteiger partial charge on any atom is 0.342 e. The first-order chi connectivity index (χ1) is 12.8. The molecule has 0 aliphatic rings. The third-order valence-corrected chi connectivity index (χ3v) is 5.64. The number of hydrogen-bond acceptors (Lipinski definition) is 5. The molecule has 1 aromatic heterocycles. The van der Waals surface area contributed by atoms with Gasteiger partial charge in [-0.25, -0.2) is 13.2 Å². The second-order valence-electron chi connectivity index (χ2n) is 5.93. The summed E-state index contributed by atoms with van der Waals surface area (Å²) in [4.78, 5) is 11.9. The maximum absolute atomic E-state index is 13.1. The molecule has 0 atom stereocenters. The predicted molar refractivity (Wildman–Crippen MR) is 102 cm³/mol. The number of sulfonamides is 1. The molecule has 0 spiro atoms. The summed E-state index contributed by atoms with van der Waals surface area (Å²) in [5, 5.41) is 0. The molecule has 27 heavy (non-hydrogen) atoms. The summed E-state index contributed by atoms with van der Waals surface area (Å²) in [5.74, 6) is -0.449. The largest absolute Gasteiger partial charge is 0.465 e. The van der Waals surface area contributed by atoms with Gasteiger partial charge < -0.3 is 9.15 Å². The average Bonchev–Trinajstić information content (AvgIpc) is 2.96. The molecule has 0 aliphatic heterocycles. The van der Waals surface area contributed by atoms with Crippen molar-refractivity contribution in [3.8, 4) is 11.1 Å². The van der Waals surface area contributed by atoms with Gasteiger partial charge in [-0.3, -0.25) is 4.72 Å². The summed E-state index contributed by atoms with van der Waals surface area (Å²) in [5.41, 5.74) is 1.89. The van der Waals surface area contributed by atoms with E-state index in [1.54, 1.807) is 12.1 Å². The van der Waals surface area contributed by atoms with Gasteiger partial charge >= 0.3 is 5.97 Å². The van der Waals surface area contributed by atoms with E-state index in [9.17, 15) is 13.2 Å². The molecule has 0 radical (unpaired) electrons. The van der Waals surface area contributed by atoms with Crippen molar-refractivity contribution in [1.82, 2.24) is 0 Å². The van der Waals surface area contributed by atoms with E-state index in [1.807, 2.05) is 42.5 Å². The van der Waals surface area contributed by atoms with Crippen molar-refractivity contribution in [2.24, 2.45) is 0 Å². The van der Waals surface area contributed by atoms with Crippen molar-refractivity contribution >= 4 is 21.7 Å². The highest BCUT2D eigenvalue weighted by atomic mass is 32.2. The fourth-order valence-corrected chi connectivity index (χ4v) is 4.45. The average molecular weight is 385 g/mol. The van der Waals surface area contributed by atoms with Crippen molar-refractivity contribution in [2.45, 2.75) is 18.7 Å². The first-order valence-electron chi connectivity index (χ1n) is 8.20. The maximum atomic E-state index is 13.1. The van der Waals surface area contributed by atoms with E-state index in [0.717, 1.165) is 11.1 Å². The molecule has 2 aromatic carbocycles. The fourth-order valence-electron chi connectivity index (χ4n) is 2.96. The number of rotatable bonds is 5. The molecule has 0 unspecified atom stereocenters. The smallest absolute Gasteiger partial charge is 0.342 e. The van der Waals surface area contributed by atoms with Crippen LogP contribution in [-0.4, -0.2) is 21.5 Å². The van der Waals surface area contributed by atoms with Gasteiger partial charge in [0.2, 0.25) is 0 Å². The summed E-state index contributed by atoms with van der Waals surface area (Å²) < 4.78 is 38.8. The number of benzene rings is 2. The lowest BCUT2D eigenvalue weighted by Crippen LogP contribution is -2.18. The molecule has 3 rings (SSSR count). The molecule has 1 heterocycles. The normalized spacial score (nSPS) is 11.2. The number of carbonyl (C=O) groups excluding carboxylic acids is 1. The van der Waals surface area contributed by atoms with E-state index < -0.39 is 16.0 Å². The van der Waals surface area contributed by atoms with Crippen LogP contribution >= 0.6 is 0 Å². The zero-order valence-corrected chi connectivity index (χ0v) is 16.0. The van der Waals surface area contributed by atoms with Crippen LogP contribution in [0.4, 0.5) is 5.69 Å². The highest BCUT2D eigenvalue weighted by Crippen LogP contribution is 2.32. The predicted octanol–water partition coefficient (Wildman–Crippen LogP) is 4.15. The number of hydrogen-bond donors (Lipinski definition) is 1. The Morgan fingerprint density at radius 1 is 0.963 bits per heavy atom. The lowest BCUT2D eigenvalue weighted by Gasteiger charge is -2.13. The summed E-state index contributed by atoms with van der Waals surface area (Å²) >= 11 is 0. The standard InChI is InChI=1S/C20H19NO5S/c1-13-18(20(22)25-3)19(14(2)26-13)27(23,24)21-17-12-8-7-11-16(17)15-9-5-4-6-10-15/h4-12,21H,1-3H3. The van der Waals surface area contributed by atoms with Gasteiger partial charge in [0.25, 0.3) is 10.0 Å². The lowest BCUT2D eigenvalue weighted by molar-refractivity contribution is 0.0595. The highest BCUT2D eigenvalue weighted by molar-refractivity contribution is 7.92. The van der Waals surface area contributed by atoms with Crippen molar-refractivity contribution in [3.05, 3.63) is 71.7 Å². The SMILES string of the molecule is COC(=O)c1c(C)oc(C)c1S(=O)(=O)Nc1ccccc1-c1ccccc1. The van der Waals surface area contributed by atoms with E-state index in [2.05, 4.69) is 4.72 Å². The third kappa shape index (κ3) is 3.59. The number of carbonyl (C=O) groups is 1. The zero-order chi connectivity index (χ0) is 19.6. The van der Waals surface area contributed by atoms with Crippen LogP contribution in [0, 0.1) is 13.8 Å². The van der Waals surface area contributed by atoms with Crippen LogP contribution < -0.4 is 4.72 Å². The molecule has 0 amide bonds. The van der Waals surface area contributed by atoms with Crippen LogP contribution in [0.5, 0.6) is 0 Å². The van der Waals surface area contributed by atoms with Crippen LogP contribution in [0.1, 0.15) is 21.9 Å². The Morgan fingerprint density at radius 2 is 1.59 bits per heavy atom. The van der Waals surface area contributed by atoms with Crippen molar-refractivity contribution in [3.63, 3.8) is 0 Å². The van der Waals surface area contributed by atoms with Gasteiger partial charge in [0.05, 0.1) is 12.8 Å². The number of aryl methyl sites for hydroxylation is 2. The number of anilines is 1. The van der Waals surface area contributed by atoms with E-state index in [1.165, 1.54) is 21.0 Å². The summed E-state index contributed by atoms with van der Waals surface area (Å²) in [6.07, 6.45) is 0. The van der Waals surface area contributed by atoms with Gasteiger partial charge in [-0.05, 0) is 25.5 Å². The number of esters is 1. The fraction of sp³-hybridized carbons (Fsp3) is 0.150. The van der Waals surface area contributed by atoms with Gasteiger partial charge in [-0.15, -0.1) is 0 Å². The molecule has 7 heteroatoms. The topological polar surface area (TPSA) is 85.6 Å². The second kappa shape index (κ2) is 7.28. The summed E-state index contributed by atoms with van der Waals surface area (Å²) in [6.45, 7) is 3.02. The van der Waals surface area contributed by atoms with Crippen molar-refractivity contribution < 1.29 is 22.4 Å². The van der Waals surface area contributed by atoms with Crippen LogP contribution in [0.25, 0.3) is 11.1 Å². The Hall–Kier alpha value is -3.06. The number of ether oxygens (including phenoxy) is 1. The van der Waals surface area contributed by atoms with Crippen molar-refractivity contribution in [2.75, 3.05) is 11.8 Å². The Morgan fingerprint density at radius 3 is 2.26 bits per heavy atom. The minimum atomic E-state index is -4.08. The molecule has 0 fully saturated rings. The van der Waals surface area contributed by atoms with E-state index in [0.29, 0.717) is 5.69 Å². The molecule has 0 bridgehead atoms. The molecular formula is C20H19NO5S. The Balaban J connectivity index is 2.09. The zero-order valence-electron chi connectivity index (χ0n) is 15.1. The number of furan rings is 1. The van der Waals surface area contributed by atoms with Crippen LogP contribution in [0.3, 0.4) is 0 Å². The van der Waals surface area contributed by atoms with Crippen LogP contribution in [0.15, 0.2) is 63.9 Å². The Bertz CT molecular complexity index is 1080. The molecule has 1 N–H and O–H groups in total. The Kier molecular flexibility index (Phi) is 5.05. The number of nitrogens with one attached hydrogen (secondary N) is 1. The van der Waals surface area contributed by atoms with E-state index >= 15 is 0 Å². The molecule has 0 aliphatic carbocycles. The summed E-state index contributed by atoms with van der Waals surface area (Å²) in [7, 11) is -2.89. The van der Waals surface area contributed by atoms with Gasteiger partial charge in [0.1, 0.15) is 22.0 Å². The number of methoxy groups -OCH3 is 1. The summed E-state index contributed by atoms with van der Waals surface area (Å²) in [6, 6.07) is 16.5.